The Kier molecular flexibility index (Phi) is 3.63. The van der Waals surface area contributed by atoms with Crippen LogP contribution in [0.2, 0.25) is 0 Å². The van der Waals surface area contributed by atoms with Crippen molar-refractivity contribution in [3.63, 3.8) is 0 Å². The molecule has 0 unspecified atom stereocenters. The van der Waals surface area contributed by atoms with Crippen LogP contribution in [0.3, 0.4) is 0 Å². The number of aromatic nitrogens is 2. The summed E-state index contributed by atoms with van der Waals surface area (Å²) in [5.74, 6) is -2.22. The summed E-state index contributed by atoms with van der Waals surface area (Å²) in [6.45, 7) is -0.0351. The van der Waals surface area contributed by atoms with Gasteiger partial charge in [0.1, 0.15) is 11.6 Å². The van der Waals surface area contributed by atoms with Crippen molar-refractivity contribution in [2.75, 3.05) is 7.05 Å². The number of hydrogen-bond donors (Lipinski definition) is 1. The maximum Gasteiger partial charge on any atom is 0.248 e. The molecule has 2 aromatic rings. The van der Waals surface area contributed by atoms with E-state index in [9.17, 15) is 17.2 Å². The maximum absolute atomic E-state index is 13.5. The highest BCUT2D eigenvalue weighted by Crippen LogP contribution is 2.22. The molecule has 1 N–H and O–H groups in total. The van der Waals surface area contributed by atoms with Gasteiger partial charge in [-0.1, -0.05) is 6.07 Å². The van der Waals surface area contributed by atoms with Gasteiger partial charge in [-0.25, -0.2) is 17.2 Å². The average molecular weight is 287 g/mol. The highest BCUT2D eigenvalue weighted by atomic mass is 32.2. The SMILES string of the molecule is CN(Cc1cn[nH]c1)S(=O)(=O)c1c(F)cccc1F. The van der Waals surface area contributed by atoms with Crippen molar-refractivity contribution in [3.8, 4) is 0 Å². The van der Waals surface area contributed by atoms with Gasteiger partial charge in [0.05, 0.1) is 6.20 Å². The fourth-order valence-electron chi connectivity index (χ4n) is 1.59. The molecule has 8 heteroatoms. The molecule has 0 radical (unpaired) electrons. The Morgan fingerprint density at radius 3 is 2.47 bits per heavy atom. The maximum atomic E-state index is 13.5. The minimum Gasteiger partial charge on any atom is -0.285 e. The lowest BCUT2D eigenvalue weighted by atomic mass is 10.3. The van der Waals surface area contributed by atoms with E-state index in [0.29, 0.717) is 5.56 Å². The first-order valence-corrected chi connectivity index (χ1v) is 6.75. The normalized spacial score (nSPS) is 12.0. The molecule has 19 heavy (non-hydrogen) atoms. The molecule has 0 aliphatic carbocycles. The number of aromatic amines is 1. The van der Waals surface area contributed by atoms with Crippen LogP contribution in [0.25, 0.3) is 0 Å². The molecule has 102 valence electrons. The van der Waals surface area contributed by atoms with Crippen LogP contribution < -0.4 is 0 Å². The topological polar surface area (TPSA) is 66.1 Å². The second-order valence-electron chi connectivity index (χ2n) is 3.92. The minimum atomic E-state index is -4.23. The lowest BCUT2D eigenvalue weighted by molar-refractivity contribution is 0.448. The van der Waals surface area contributed by atoms with Crippen molar-refractivity contribution in [1.82, 2.24) is 14.5 Å². The summed E-state index contributed by atoms with van der Waals surface area (Å²) in [5.41, 5.74) is 0.586. The van der Waals surface area contributed by atoms with E-state index in [0.717, 1.165) is 22.5 Å². The first-order chi connectivity index (χ1) is 8.93. The molecule has 0 saturated heterocycles. The van der Waals surface area contributed by atoms with Crippen molar-refractivity contribution in [3.05, 3.63) is 47.8 Å². The number of halogens is 2. The largest absolute Gasteiger partial charge is 0.285 e. The fraction of sp³-hybridized carbons (Fsp3) is 0.182. The van der Waals surface area contributed by atoms with Gasteiger partial charge in [-0.2, -0.15) is 9.40 Å². The van der Waals surface area contributed by atoms with Crippen LogP contribution in [0.1, 0.15) is 5.56 Å². The molecule has 5 nitrogen and oxygen atoms in total. The molecule has 2 rings (SSSR count). The van der Waals surface area contributed by atoms with Gasteiger partial charge in [-0.15, -0.1) is 0 Å². The molecule has 0 aliphatic heterocycles. The zero-order valence-corrected chi connectivity index (χ0v) is 10.8. The molecule has 1 aromatic heterocycles. The van der Waals surface area contributed by atoms with Crippen LogP contribution in [-0.4, -0.2) is 30.0 Å². The Bertz CT molecular complexity index is 651. The second-order valence-corrected chi connectivity index (χ2v) is 5.90. The van der Waals surface area contributed by atoms with Crippen molar-refractivity contribution >= 4 is 10.0 Å². The fourth-order valence-corrected chi connectivity index (χ4v) is 2.85. The predicted octanol–water partition coefficient (Wildman–Crippen LogP) is 1.51. The third kappa shape index (κ3) is 2.64. The molecule has 1 aromatic carbocycles. The van der Waals surface area contributed by atoms with E-state index >= 15 is 0 Å². The van der Waals surface area contributed by atoms with Gasteiger partial charge < -0.3 is 0 Å². The summed E-state index contributed by atoms with van der Waals surface area (Å²) in [6.07, 6.45) is 2.94. The Labute approximate surface area is 108 Å². The van der Waals surface area contributed by atoms with Crippen LogP contribution in [0.5, 0.6) is 0 Å². The highest BCUT2D eigenvalue weighted by Gasteiger charge is 2.28. The van der Waals surface area contributed by atoms with E-state index in [-0.39, 0.29) is 6.54 Å². The van der Waals surface area contributed by atoms with Crippen LogP contribution in [0.4, 0.5) is 8.78 Å². The second kappa shape index (κ2) is 5.06. The van der Waals surface area contributed by atoms with Crippen LogP contribution in [-0.2, 0) is 16.6 Å². The number of sulfonamides is 1. The molecule has 0 bridgehead atoms. The van der Waals surface area contributed by atoms with Gasteiger partial charge >= 0.3 is 0 Å². The summed E-state index contributed by atoms with van der Waals surface area (Å²) >= 11 is 0. The number of benzene rings is 1. The zero-order chi connectivity index (χ0) is 14.0. The van der Waals surface area contributed by atoms with Gasteiger partial charge in [0.25, 0.3) is 0 Å². The van der Waals surface area contributed by atoms with Crippen LogP contribution in [0.15, 0.2) is 35.5 Å². The summed E-state index contributed by atoms with van der Waals surface area (Å²) in [4.78, 5) is -0.944. The minimum absolute atomic E-state index is 0.0351. The first kappa shape index (κ1) is 13.6. The molecular formula is C11H11F2N3O2S. The van der Waals surface area contributed by atoms with E-state index in [1.165, 1.54) is 19.4 Å². The number of nitrogens with zero attached hydrogens (tertiary/aromatic N) is 2. The lowest BCUT2D eigenvalue weighted by Crippen LogP contribution is -2.28. The molecule has 0 saturated carbocycles. The molecule has 0 spiro atoms. The summed E-state index contributed by atoms with van der Waals surface area (Å²) in [7, 11) is -2.99. The van der Waals surface area contributed by atoms with Crippen molar-refractivity contribution in [2.45, 2.75) is 11.4 Å². The van der Waals surface area contributed by atoms with E-state index in [4.69, 9.17) is 0 Å². The van der Waals surface area contributed by atoms with Gasteiger partial charge in [0.15, 0.2) is 4.90 Å². The molecule has 1 heterocycles. The predicted molar refractivity (Wildman–Crippen MR) is 63.6 cm³/mol. The quantitative estimate of drug-likeness (QED) is 0.927. The third-order valence-electron chi connectivity index (χ3n) is 2.55. The Hall–Kier alpha value is -1.80. The van der Waals surface area contributed by atoms with Crippen molar-refractivity contribution in [2.24, 2.45) is 0 Å². The standard InChI is InChI=1S/C11H11F2N3O2S/c1-16(7-8-5-14-15-6-8)19(17,18)11-9(12)3-2-4-10(11)13/h2-6H,7H2,1H3,(H,14,15). The third-order valence-corrected chi connectivity index (χ3v) is 4.40. The smallest absolute Gasteiger partial charge is 0.248 e. The van der Waals surface area contributed by atoms with Gasteiger partial charge in [-0.05, 0) is 12.1 Å². The van der Waals surface area contributed by atoms with Gasteiger partial charge in [0.2, 0.25) is 10.0 Å². The average Bonchev–Trinajstić information content (AvgIpc) is 2.81. The zero-order valence-electron chi connectivity index (χ0n) is 9.97. The number of nitrogens with one attached hydrogen (secondary N) is 1. The number of hydrogen-bond acceptors (Lipinski definition) is 3. The molecule has 0 atom stereocenters. The number of rotatable bonds is 4. The molecular weight excluding hydrogens is 276 g/mol. The van der Waals surface area contributed by atoms with E-state index in [1.807, 2.05) is 0 Å². The van der Waals surface area contributed by atoms with Gasteiger partial charge in [0, 0.05) is 25.4 Å². The van der Waals surface area contributed by atoms with E-state index < -0.39 is 26.6 Å². The Balaban J connectivity index is 2.37. The van der Waals surface area contributed by atoms with Crippen molar-refractivity contribution < 1.29 is 17.2 Å². The number of H-pyrrole nitrogens is 1. The van der Waals surface area contributed by atoms with Gasteiger partial charge in [-0.3, -0.25) is 5.10 Å². The lowest BCUT2D eigenvalue weighted by Gasteiger charge is -2.17. The summed E-state index contributed by atoms with van der Waals surface area (Å²) in [5, 5.41) is 6.20. The van der Waals surface area contributed by atoms with Crippen LogP contribution >= 0.6 is 0 Å². The monoisotopic (exact) mass is 287 g/mol. The summed E-state index contributed by atoms with van der Waals surface area (Å²) < 4.78 is 52.1. The Morgan fingerprint density at radius 2 is 1.95 bits per heavy atom. The summed E-state index contributed by atoms with van der Waals surface area (Å²) in [6, 6.07) is 2.92. The highest BCUT2D eigenvalue weighted by molar-refractivity contribution is 7.89. The molecule has 0 fully saturated rings. The van der Waals surface area contributed by atoms with Crippen LogP contribution in [0, 0.1) is 11.6 Å². The molecule has 0 aliphatic rings. The van der Waals surface area contributed by atoms with E-state index in [2.05, 4.69) is 10.2 Å². The first-order valence-electron chi connectivity index (χ1n) is 5.31. The van der Waals surface area contributed by atoms with E-state index in [1.54, 1.807) is 0 Å². The van der Waals surface area contributed by atoms with Crippen molar-refractivity contribution in [1.29, 1.82) is 0 Å². The molecule has 0 amide bonds. The Morgan fingerprint density at radius 1 is 1.32 bits per heavy atom.